The van der Waals surface area contributed by atoms with Crippen molar-refractivity contribution in [1.82, 2.24) is 5.32 Å². The second-order valence-electron chi connectivity index (χ2n) is 6.32. The molecule has 144 valence electrons. The van der Waals surface area contributed by atoms with Crippen LogP contribution in [0.15, 0.2) is 72.8 Å². The van der Waals surface area contributed by atoms with E-state index in [1.165, 1.54) is 6.07 Å². The number of nitriles is 1. The minimum Gasteiger partial charge on any atom is -0.352 e. The second-order valence-corrected chi connectivity index (χ2v) is 6.32. The van der Waals surface area contributed by atoms with Crippen LogP contribution in [0.25, 0.3) is 0 Å². The quantitative estimate of drug-likeness (QED) is 0.673. The van der Waals surface area contributed by atoms with Crippen molar-refractivity contribution in [3.8, 4) is 6.07 Å². The van der Waals surface area contributed by atoms with Crippen LogP contribution in [0.5, 0.6) is 0 Å². The number of carbonyl (C=O) groups excluding carboxylic acids is 2. The van der Waals surface area contributed by atoms with Gasteiger partial charge in [-0.05, 0) is 60.5 Å². The molecule has 29 heavy (non-hydrogen) atoms. The smallest absolute Gasteiger partial charge is 0.255 e. The molecule has 0 fully saturated rings. The van der Waals surface area contributed by atoms with Crippen molar-refractivity contribution < 1.29 is 14.0 Å². The number of benzene rings is 3. The number of rotatable bonds is 6. The van der Waals surface area contributed by atoms with Gasteiger partial charge in [-0.25, -0.2) is 4.39 Å². The van der Waals surface area contributed by atoms with Crippen molar-refractivity contribution in [2.24, 2.45) is 0 Å². The molecule has 2 amide bonds. The molecule has 6 heteroatoms. The minimum absolute atomic E-state index is 0.294. The molecule has 0 heterocycles. The molecule has 0 unspecified atom stereocenters. The highest BCUT2D eigenvalue weighted by molar-refractivity contribution is 6.05. The van der Waals surface area contributed by atoms with Gasteiger partial charge in [-0.2, -0.15) is 5.26 Å². The Morgan fingerprint density at radius 2 is 1.59 bits per heavy atom. The molecule has 0 aromatic heterocycles. The van der Waals surface area contributed by atoms with E-state index in [4.69, 9.17) is 5.26 Å². The number of nitrogens with one attached hydrogen (secondary N) is 2. The fraction of sp³-hybridized carbons (Fsp3) is 0.0870. The maximum Gasteiger partial charge on any atom is 0.255 e. The second kappa shape index (κ2) is 9.29. The van der Waals surface area contributed by atoms with Gasteiger partial charge in [0.2, 0.25) is 0 Å². The minimum atomic E-state index is -0.341. The van der Waals surface area contributed by atoms with Gasteiger partial charge >= 0.3 is 0 Å². The predicted octanol–water partition coefficient (Wildman–Crippen LogP) is 3.92. The Bertz CT molecular complexity index is 1070. The number of hydrogen-bond acceptors (Lipinski definition) is 3. The summed E-state index contributed by atoms with van der Waals surface area (Å²) in [7, 11) is 0. The monoisotopic (exact) mass is 387 g/mol. The predicted molar refractivity (Wildman–Crippen MR) is 108 cm³/mol. The van der Waals surface area contributed by atoms with Crippen LogP contribution in [-0.2, 0) is 6.42 Å². The fourth-order valence-corrected chi connectivity index (χ4v) is 2.76. The van der Waals surface area contributed by atoms with Crippen LogP contribution < -0.4 is 10.6 Å². The third-order valence-corrected chi connectivity index (χ3v) is 4.30. The van der Waals surface area contributed by atoms with E-state index in [9.17, 15) is 14.0 Å². The van der Waals surface area contributed by atoms with Crippen LogP contribution >= 0.6 is 0 Å². The van der Waals surface area contributed by atoms with E-state index in [0.29, 0.717) is 40.9 Å². The van der Waals surface area contributed by atoms with E-state index < -0.39 is 0 Å². The standard InChI is InChI=1S/C23H18FN3O2/c24-21-7-2-1-5-17(21)12-13-26-22(28)18-8-10-19(11-9-18)23(29)27-20-6-3-4-16(14-20)15-25/h1-11,14H,12-13H2,(H,26,28)(H,27,29). The summed E-state index contributed by atoms with van der Waals surface area (Å²) in [5, 5.41) is 14.4. The molecule has 3 aromatic carbocycles. The number of amides is 2. The summed E-state index contributed by atoms with van der Waals surface area (Å²) < 4.78 is 13.6. The summed E-state index contributed by atoms with van der Waals surface area (Å²) in [6.45, 7) is 0.303. The largest absolute Gasteiger partial charge is 0.352 e. The van der Waals surface area contributed by atoms with Gasteiger partial charge in [0.25, 0.3) is 11.8 Å². The maximum absolute atomic E-state index is 13.6. The Balaban J connectivity index is 1.56. The Hall–Kier alpha value is -3.98. The first-order chi connectivity index (χ1) is 14.1. The molecule has 0 saturated heterocycles. The Labute approximate surface area is 167 Å². The zero-order valence-corrected chi connectivity index (χ0v) is 15.5. The molecule has 2 N–H and O–H groups in total. The molecule has 0 saturated carbocycles. The SMILES string of the molecule is N#Cc1cccc(NC(=O)c2ccc(C(=O)NCCc3ccccc3F)cc2)c1. The maximum atomic E-state index is 13.6. The van der Waals surface area contributed by atoms with Crippen LogP contribution in [0, 0.1) is 17.1 Å². The molecular weight excluding hydrogens is 369 g/mol. The van der Waals surface area contributed by atoms with Gasteiger partial charge < -0.3 is 10.6 Å². The van der Waals surface area contributed by atoms with Crippen LogP contribution in [0.1, 0.15) is 31.8 Å². The Morgan fingerprint density at radius 1 is 0.897 bits per heavy atom. The number of halogens is 1. The summed E-state index contributed by atoms with van der Waals surface area (Å²) in [4.78, 5) is 24.6. The van der Waals surface area contributed by atoms with Gasteiger partial charge in [0, 0.05) is 23.4 Å². The van der Waals surface area contributed by atoms with Crippen molar-refractivity contribution in [2.45, 2.75) is 6.42 Å². The van der Waals surface area contributed by atoms with Crippen molar-refractivity contribution in [3.63, 3.8) is 0 Å². The summed E-state index contributed by atoms with van der Waals surface area (Å²) in [6.07, 6.45) is 0.390. The normalized spacial score (nSPS) is 10.1. The lowest BCUT2D eigenvalue weighted by atomic mass is 10.1. The molecule has 0 atom stereocenters. The Morgan fingerprint density at radius 3 is 2.28 bits per heavy atom. The molecule has 0 bridgehead atoms. The van der Waals surface area contributed by atoms with Crippen molar-refractivity contribution in [1.29, 1.82) is 5.26 Å². The van der Waals surface area contributed by atoms with E-state index in [1.54, 1.807) is 66.7 Å². The molecule has 0 aliphatic rings. The van der Waals surface area contributed by atoms with Gasteiger partial charge in [-0.1, -0.05) is 24.3 Å². The van der Waals surface area contributed by atoms with Crippen LogP contribution in [-0.4, -0.2) is 18.4 Å². The summed E-state index contributed by atoms with van der Waals surface area (Å²) in [5.74, 6) is -0.931. The third-order valence-electron chi connectivity index (χ3n) is 4.30. The number of anilines is 1. The molecule has 0 spiro atoms. The van der Waals surface area contributed by atoms with Crippen molar-refractivity contribution >= 4 is 17.5 Å². The molecule has 3 rings (SSSR count). The van der Waals surface area contributed by atoms with Gasteiger partial charge in [-0.15, -0.1) is 0 Å². The number of nitrogens with zero attached hydrogens (tertiary/aromatic N) is 1. The van der Waals surface area contributed by atoms with Crippen molar-refractivity contribution in [3.05, 3.63) is 101 Å². The first-order valence-corrected chi connectivity index (χ1v) is 9.00. The van der Waals surface area contributed by atoms with E-state index >= 15 is 0 Å². The molecular formula is C23H18FN3O2. The number of hydrogen-bond donors (Lipinski definition) is 2. The average Bonchev–Trinajstić information content (AvgIpc) is 2.75. The number of carbonyl (C=O) groups is 2. The van der Waals surface area contributed by atoms with Crippen LogP contribution in [0.4, 0.5) is 10.1 Å². The van der Waals surface area contributed by atoms with Crippen molar-refractivity contribution in [2.75, 3.05) is 11.9 Å². The zero-order valence-electron chi connectivity index (χ0n) is 15.5. The fourth-order valence-electron chi connectivity index (χ4n) is 2.76. The topological polar surface area (TPSA) is 82.0 Å². The average molecular weight is 387 g/mol. The first kappa shape index (κ1) is 19.8. The first-order valence-electron chi connectivity index (χ1n) is 9.00. The van der Waals surface area contributed by atoms with Crippen LogP contribution in [0.3, 0.4) is 0 Å². The summed E-state index contributed by atoms with van der Waals surface area (Å²) in [6, 6.07) is 21.3. The zero-order chi connectivity index (χ0) is 20.6. The molecule has 0 radical (unpaired) electrons. The van der Waals surface area contributed by atoms with Crippen LogP contribution in [0.2, 0.25) is 0 Å². The molecule has 0 aliphatic heterocycles. The Kier molecular flexibility index (Phi) is 6.33. The van der Waals surface area contributed by atoms with E-state index in [0.717, 1.165) is 0 Å². The third kappa shape index (κ3) is 5.27. The van der Waals surface area contributed by atoms with Gasteiger partial charge in [0.05, 0.1) is 11.6 Å². The highest BCUT2D eigenvalue weighted by atomic mass is 19.1. The summed E-state index contributed by atoms with van der Waals surface area (Å²) in [5.41, 5.74) is 2.30. The van der Waals surface area contributed by atoms with E-state index in [-0.39, 0.29) is 17.6 Å². The highest BCUT2D eigenvalue weighted by Crippen LogP contribution is 2.13. The molecule has 5 nitrogen and oxygen atoms in total. The van der Waals surface area contributed by atoms with E-state index in [1.807, 2.05) is 6.07 Å². The molecule has 3 aromatic rings. The van der Waals surface area contributed by atoms with Gasteiger partial charge in [0.1, 0.15) is 5.82 Å². The van der Waals surface area contributed by atoms with Gasteiger partial charge in [0.15, 0.2) is 0 Å². The lowest BCUT2D eigenvalue weighted by molar-refractivity contribution is 0.0952. The lowest BCUT2D eigenvalue weighted by Gasteiger charge is -2.08. The van der Waals surface area contributed by atoms with Gasteiger partial charge in [-0.3, -0.25) is 9.59 Å². The van der Waals surface area contributed by atoms with E-state index in [2.05, 4.69) is 10.6 Å². The molecule has 0 aliphatic carbocycles. The summed E-state index contributed by atoms with van der Waals surface area (Å²) >= 11 is 0. The lowest BCUT2D eigenvalue weighted by Crippen LogP contribution is -2.26. The highest BCUT2D eigenvalue weighted by Gasteiger charge is 2.10.